The van der Waals surface area contributed by atoms with Gasteiger partial charge in [-0.1, -0.05) is 36.4 Å². The van der Waals surface area contributed by atoms with E-state index in [2.05, 4.69) is 53.2 Å². The maximum absolute atomic E-state index is 5.86. The summed E-state index contributed by atoms with van der Waals surface area (Å²) in [6, 6.07) is 16.2. The number of nitrogens with two attached hydrogens (primary N) is 1. The van der Waals surface area contributed by atoms with Crippen molar-refractivity contribution in [2.75, 3.05) is 0 Å². The van der Waals surface area contributed by atoms with Crippen LogP contribution < -0.4 is 11.1 Å². The highest BCUT2D eigenvalue weighted by molar-refractivity contribution is 7.10. The summed E-state index contributed by atoms with van der Waals surface area (Å²) in [6.07, 6.45) is 2.18. The van der Waals surface area contributed by atoms with Gasteiger partial charge >= 0.3 is 0 Å². The number of hydrogen-bond donors (Lipinski definition) is 2. The number of benzene rings is 1. The van der Waals surface area contributed by atoms with Gasteiger partial charge in [-0.3, -0.25) is 0 Å². The van der Waals surface area contributed by atoms with Crippen molar-refractivity contribution in [1.82, 2.24) is 5.32 Å². The van der Waals surface area contributed by atoms with E-state index in [9.17, 15) is 0 Å². The highest BCUT2D eigenvalue weighted by atomic mass is 32.1. The summed E-state index contributed by atoms with van der Waals surface area (Å²) in [5, 5.41) is 5.87. The number of hydrogen-bond acceptors (Lipinski definition) is 3. The standard InChI is InChI=1S/C15H18N2S/c16-12-9-13(10-12)17-15(14-7-4-8-18-14)11-5-2-1-3-6-11/h1-8,12-13,15,17H,9-10,16H2. The van der Waals surface area contributed by atoms with Crippen molar-refractivity contribution in [2.45, 2.75) is 31.0 Å². The molecule has 3 rings (SSSR count). The lowest BCUT2D eigenvalue weighted by Crippen LogP contribution is -2.49. The summed E-state index contributed by atoms with van der Waals surface area (Å²) in [5.74, 6) is 0. The zero-order chi connectivity index (χ0) is 12.4. The Balaban J connectivity index is 1.80. The van der Waals surface area contributed by atoms with Gasteiger partial charge in [0.05, 0.1) is 6.04 Å². The van der Waals surface area contributed by atoms with Crippen molar-refractivity contribution in [2.24, 2.45) is 5.73 Å². The molecule has 0 aliphatic heterocycles. The topological polar surface area (TPSA) is 38.0 Å². The van der Waals surface area contributed by atoms with Gasteiger partial charge in [-0.15, -0.1) is 11.3 Å². The first-order valence-electron chi connectivity index (χ1n) is 6.43. The Morgan fingerprint density at radius 2 is 1.89 bits per heavy atom. The summed E-state index contributed by atoms with van der Waals surface area (Å²) in [6.45, 7) is 0. The second-order valence-corrected chi connectivity index (χ2v) is 5.93. The summed E-state index contributed by atoms with van der Waals surface area (Å²) >= 11 is 1.81. The zero-order valence-corrected chi connectivity index (χ0v) is 11.1. The second-order valence-electron chi connectivity index (χ2n) is 4.95. The third kappa shape index (κ3) is 2.48. The van der Waals surface area contributed by atoms with Crippen LogP contribution in [0.5, 0.6) is 0 Å². The second kappa shape index (κ2) is 5.22. The molecular weight excluding hydrogens is 240 g/mol. The van der Waals surface area contributed by atoms with E-state index in [-0.39, 0.29) is 0 Å². The van der Waals surface area contributed by atoms with E-state index in [4.69, 9.17) is 5.73 Å². The number of nitrogens with one attached hydrogen (secondary N) is 1. The number of rotatable bonds is 4. The molecule has 0 spiro atoms. The molecule has 1 fully saturated rings. The molecule has 94 valence electrons. The Morgan fingerprint density at radius 3 is 2.50 bits per heavy atom. The maximum atomic E-state index is 5.86. The fourth-order valence-electron chi connectivity index (χ4n) is 2.48. The zero-order valence-electron chi connectivity index (χ0n) is 10.3. The largest absolute Gasteiger partial charge is 0.328 e. The van der Waals surface area contributed by atoms with Gasteiger partial charge in [0.25, 0.3) is 0 Å². The van der Waals surface area contributed by atoms with Gasteiger partial charge < -0.3 is 11.1 Å². The molecule has 2 nitrogen and oxygen atoms in total. The molecule has 0 radical (unpaired) electrons. The average molecular weight is 258 g/mol. The highest BCUT2D eigenvalue weighted by Gasteiger charge is 2.29. The van der Waals surface area contributed by atoms with Crippen molar-refractivity contribution >= 4 is 11.3 Å². The minimum Gasteiger partial charge on any atom is -0.328 e. The van der Waals surface area contributed by atoms with Crippen molar-refractivity contribution in [3.63, 3.8) is 0 Å². The van der Waals surface area contributed by atoms with Crippen LogP contribution in [-0.4, -0.2) is 12.1 Å². The van der Waals surface area contributed by atoms with E-state index in [0.29, 0.717) is 18.1 Å². The van der Waals surface area contributed by atoms with Crippen LogP contribution in [0, 0.1) is 0 Å². The van der Waals surface area contributed by atoms with Crippen LogP contribution in [0.2, 0.25) is 0 Å². The average Bonchev–Trinajstić information content (AvgIpc) is 2.88. The molecule has 1 aliphatic rings. The molecule has 3 heteroatoms. The first-order chi connectivity index (χ1) is 8.83. The van der Waals surface area contributed by atoms with Crippen LogP contribution in [0.4, 0.5) is 0 Å². The van der Waals surface area contributed by atoms with E-state index in [1.54, 1.807) is 0 Å². The quantitative estimate of drug-likeness (QED) is 0.885. The van der Waals surface area contributed by atoms with Gasteiger partial charge in [-0.2, -0.15) is 0 Å². The van der Waals surface area contributed by atoms with E-state index >= 15 is 0 Å². The third-order valence-electron chi connectivity index (χ3n) is 3.54. The predicted octanol–water partition coefficient (Wildman–Crippen LogP) is 2.92. The lowest BCUT2D eigenvalue weighted by atomic mass is 9.86. The molecule has 1 atom stereocenters. The molecule has 1 aromatic heterocycles. The Kier molecular flexibility index (Phi) is 3.46. The Bertz CT molecular complexity index is 474. The van der Waals surface area contributed by atoms with Gasteiger partial charge in [0.15, 0.2) is 0 Å². The summed E-state index contributed by atoms with van der Waals surface area (Å²) in [5.41, 5.74) is 7.20. The van der Waals surface area contributed by atoms with E-state index in [0.717, 1.165) is 12.8 Å². The minimum atomic E-state index is 0.309. The summed E-state index contributed by atoms with van der Waals surface area (Å²) < 4.78 is 0. The molecule has 18 heavy (non-hydrogen) atoms. The Hall–Kier alpha value is -1.16. The first kappa shape index (κ1) is 11.9. The van der Waals surface area contributed by atoms with Gasteiger partial charge in [-0.25, -0.2) is 0 Å². The van der Waals surface area contributed by atoms with Crippen LogP contribution in [-0.2, 0) is 0 Å². The highest BCUT2D eigenvalue weighted by Crippen LogP contribution is 2.29. The number of thiophene rings is 1. The van der Waals surface area contributed by atoms with Crippen LogP contribution in [0.25, 0.3) is 0 Å². The monoisotopic (exact) mass is 258 g/mol. The van der Waals surface area contributed by atoms with E-state index in [1.807, 2.05) is 11.3 Å². The molecule has 1 heterocycles. The Labute approximate surface area is 112 Å². The molecule has 2 aromatic rings. The smallest absolute Gasteiger partial charge is 0.0673 e. The van der Waals surface area contributed by atoms with Crippen LogP contribution in [0.15, 0.2) is 47.8 Å². The fourth-order valence-corrected chi connectivity index (χ4v) is 3.29. The van der Waals surface area contributed by atoms with Gasteiger partial charge in [0.2, 0.25) is 0 Å². The fraction of sp³-hybridized carbons (Fsp3) is 0.333. The molecule has 0 bridgehead atoms. The Morgan fingerprint density at radius 1 is 1.11 bits per heavy atom. The molecule has 1 saturated carbocycles. The predicted molar refractivity (Wildman–Crippen MR) is 76.7 cm³/mol. The van der Waals surface area contributed by atoms with Crippen molar-refractivity contribution < 1.29 is 0 Å². The van der Waals surface area contributed by atoms with Crippen LogP contribution >= 0.6 is 11.3 Å². The van der Waals surface area contributed by atoms with Gasteiger partial charge in [0.1, 0.15) is 0 Å². The molecule has 1 aromatic carbocycles. The molecule has 1 aliphatic carbocycles. The van der Waals surface area contributed by atoms with Crippen molar-refractivity contribution in [3.05, 3.63) is 58.3 Å². The molecule has 3 N–H and O–H groups in total. The van der Waals surface area contributed by atoms with Crippen molar-refractivity contribution in [3.8, 4) is 0 Å². The van der Waals surface area contributed by atoms with E-state index < -0.39 is 0 Å². The summed E-state index contributed by atoms with van der Waals surface area (Å²) in [7, 11) is 0. The first-order valence-corrected chi connectivity index (χ1v) is 7.31. The lowest BCUT2D eigenvalue weighted by molar-refractivity contribution is 0.279. The molecule has 1 unspecified atom stereocenters. The maximum Gasteiger partial charge on any atom is 0.0673 e. The lowest BCUT2D eigenvalue weighted by Gasteiger charge is -2.36. The SMILES string of the molecule is NC1CC(NC(c2ccccc2)c2cccs2)C1. The van der Waals surface area contributed by atoms with Gasteiger partial charge in [-0.05, 0) is 29.9 Å². The molecular formula is C15H18N2S. The van der Waals surface area contributed by atoms with Crippen LogP contribution in [0.1, 0.15) is 29.3 Å². The third-order valence-corrected chi connectivity index (χ3v) is 4.47. The normalized spacial score (nSPS) is 24.5. The van der Waals surface area contributed by atoms with Gasteiger partial charge in [0, 0.05) is 17.0 Å². The van der Waals surface area contributed by atoms with Crippen molar-refractivity contribution in [1.29, 1.82) is 0 Å². The van der Waals surface area contributed by atoms with Crippen LogP contribution in [0.3, 0.4) is 0 Å². The van der Waals surface area contributed by atoms with E-state index in [1.165, 1.54) is 10.4 Å². The molecule has 0 saturated heterocycles. The molecule has 0 amide bonds. The minimum absolute atomic E-state index is 0.309. The summed E-state index contributed by atoms with van der Waals surface area (Å²) in [4.78, 5) is 1.38.